The number of nitrogens with one attached hydrogen (secondary N) is 2. The van der Waals surface area contributed by atoms with Gasteiger partial charge in [-0.25, -0.2) is 9.18 Å². The number of nitrogens with zero attached hydrogens (tertiary/aromatic N) is 1. The maximum Gasteiger partial charge on any atom is 0.319 e. The Labute approximate surface area is 167 Å². The van der Waals surface area contributed by atoms with Crippen molar-refractivity contribution in [3.63, 3.8) is 0 Å². The molecular formula is C18H14BrClFN3O3. The Morgan fingerprint density at radius 1 is 1.11 bits per heavy atom. The Hall–Kier alpha value is -2.45. The van der Waals surface area contributed by atoms with Gasteiger partial charge in [0.05, 0.1) is 16.1 Å². The van der Waals surface area contributed by atoms with Crippen molar-refractivity contribution in [2.75, 3.05) is 18.4 Å². The zero-order valence-corrected chi connectivity index (χ0v) is 16.2. The highest BCUT2D eigenvalue weighted by Crippen LogP contribution is 2.26. The third-order valence-corrected chi connectivity index (χ3v) is 4.74. The summed E-state index contributed by atoms with van der Waals surface area (Å²) in [5, 5.41) is 5.04. The van der Waals surface area contributed by atoms with E-state index in [0.29, 0.717) is 23.2 Å². The normalized spacial score (nSPS) is 12.9. The molecule has 0 fully saturated rings. The molecular weight excluding hydrogens is 441 g/mol. The molecule has 0 spiro atoms. The number of urea groups is 1. The zero-order chi connectivity index (χ0) is 19.6. The molecule has 4 amide bonds. The van der Waals surface area contributed by atoms with Crippen LogP contribution in [-0.2, 0) is 0 Å². The van der Waals surface area contributed by atoms with Crippen molar-refractivity contribution in [3.8, 4) is 0 Å². The molecule has 9 heteroatoms. The van der Waals surface area contributed by atoms with Crippen molar-refractivity contribution < 1.29 is 18.8 Å². The predicted molar refractivity (Wildman–Crippen MR) is 103 cm³/mol. The number of halogens is 3. The van der Waals surface area contributed by atoms with E-state index in [4.69, 9.17) is 11.6 Å². The first-order chi connectivity index (χ1) is 12.9. The molecule has 0 saturated heterocycles. The molecule has 3 rings (SSSR count). The summed E-state index contributed by atoms with van der Waals surface area (Å²) in [5.74, 6) is -1.26. The first-order valence-electron chi connectivity index (χ1n) is 8.02. The van der Waals surface area contributed by atoms with Crippen molar-refractivity contribution in [1.82, 2.24) is 10.2 Å². The Morgan fingerprint density at radius 3 is 2.59 bits per heavy atom. The second-order valence-corrected chi connectivity index (χ2v) is 7.14. The fourth-order valence-electron chi connectivity index (χ4n) is 2.65. The second-order valence-electron chi connectivity index (χ2n) is 5.82. The van der Waals surface area contributed by atoms with E-state index >= 15 is 0 Å². The number of carbonyl (C=O) groups is 3. The van der Waals surface area contributed by atoms with Gasteiger partial charge in [0.25, 0.3) is 11.8 Å². The maximum atomic E-state index is 13.1. The van der Waals surface area contributed by atoms with Crippen LogP contribution in [0.1, 0.15) is 27.1 Å². The third-order valence-electron chi connectivity index (χ3n) is 3.95. The van der Waals surface area contributed by atoms with Crippen molar-refractivity contribution in [2.24, 2.45) is 0 Å². The molecule has 1 aliphatic heterocycles. The minimum absolute atomic E-state index is 0.0925. The summed E-state index contributed by atoms with van der Waals surface area (Å²) in [4.78, 5) is 37.6. The number of hydrogen-bond donors (Lipinski definition) is 2. The van der Waals surface area contributed by atoms with Gasteiger partial charge >= 0.3 is 6.03 Å². The Kier molecular flexibility index (Phi) is 5.76. The number of carbonyl (C=O) groups excluding carboxylic acids is 3. The molecule has 140 valence electrons. The van der Waals surface area contributed by atoms with Crippen LogP contribution < -0.4 is 10.6 Å². The lowest BCUT2D eigenvalue weighted by atomic mass is 10.1. The molecule has 0 aliphatic carbocycles. The number of fused-ring (bicyclic) bond motifs is 1. The van der Waals surface area contributed by atoms with Crippen LogP contribution in [0.3, 0.4) is 0 Å². The molecule has 6 nitrogen and oxygen atoms in total. The smallest absolute Gasteiger partial charge is 0.319 e. The number of hydrogen-bond acceptors (Lipinski definition) is 3. The highest BCUT2D eigenvalue weighted by atomic mass is 79.9. The summed E-state index contributed by atoms with van der Waals surface area (Å²) in [6, 6.07) is 8.28. The average Bonchev–Trinajstić information content (AvgIpc) is 2.86. The molecule has 2 aromatic carbocycles. The summed E-state index contributed by atoms with van der Waals surface area (Å²) in [6.07, 6.45) is 0.393. The SMILES string of the molecule is O=C(NCCCN1C(=O)c2ccc(Br)cc2C1=O)Nc1ccc(F)c(Cl)c1. The van der Waals surface area contributed by atoms with Crippen molar-refractivity contribution in [3.05, 3.63) is 62.8 Å². The number of benzene rings is 2. The van der Waals surface area contributed by atoms with Gasteiger partial charge in [0.2, 0.25) is 0 Å². The van der Waals surface area contributed by atoms with E-state index in [1.165, 1.54) is 12.1 Å². The van der Waals surface area contributed by atoms with Gasteiger partial charge in [-0.15, -0.1) is 0 Å². The van der Waals surface area contributed by atoms with E-state index in [1.54, 1.807) is 18.2 Å². The summed E-state index contributed by atoms with van der Waals surface area (Å²) >= 11 is 8.94. The van der Waals surface area contributed by atoms with Crippen LogP contribution in [-0.4, -0.2) is 35.8 Å². The number of imide groups is 1. The minimum Gasteiger partial charge on any atom is -0.338 e. The highest BCUT2D eigenvalue weighted by molar-refractivity contribution is 9.10. The topological polar surface area (TPSA) is 78.5 Å². The lowest BCUT2D eigenvalue weighted by Crippen LogP contribution is -2.35. The molecule has 1 aliphatic rings. The van der Waals surface area contributed by atoms with Crippen LogP contribution in [0.2, 0.25) is 5.02 Å². The number of anilines is 1. The lowest BCUT2D eigenvalue weighted by molar-refractivity contribution is 0.0653. The van der Waals surface area contributed by atoms with E-state index in [9.17, 15) is 18.8 Å². The maximum absolute atomic E-state index is 13.1. The Bertz CT molecular complexity index is 938. The van der Waals surface area contributed by atoms with Crippen LogP contribution in [0.25, 0.3) is 0 Å². The molecule has 0 radical (unpaired) electrons. The Morgan fingerprint density at radius 2 is 1.85 bits per heavy atom. The molecule has 0 atom stereocenters. The quantitative estimate of drug-likeness (QED) is 0.528. The molecule has 0 unspecified atom stereocenters. The van der Waals surface area contributed by atoms with E-state index < -0.39 is 11.8 Å². The predicted octanol–water partition coefficient (Wildman–Crippen LogP) is 4.05. The van der Waals surface area contributed by atoms with E-state index in [1.807, 2.05) is 0 Å². The van der Waals surface area contributed by atoms with Crippen molar-refractivity contribution >= 4 is 51.1 Å². The fraction of sp³-hybridized carbons (Fsp3) is 0.167. The van der Waals surface area contributed by atoms with Gasteiger partial charge in [0.1, 0.15) is 5.82 Å². The molecule has 27 heavy (non-hydrogen) atoms. The molecule has 0 bridgehead atoms. The molecule has 1 heterocycles. The number of rotatable bonds is 5. The summed E-state index contributed by atoms with van der Waals surface area (Å²) in [5.41, 5.74) is 1.10. The summed E-state index contributed by atoms with van der Waals surface area (Å²) in [7, 11) is 0. The van der Waals surface area contributed by atoms with E-state index in [2.05, 4.69) is 26.6 Å². The third kappa shape index (κ3) is 4.28. The van der Waals surface area contributed by atoms with Crippen LogP contribution in [0.4, 0.5) is 14.9 Å². The second kappa shape index (κ2) is 8.06. The summed E-state index contributed by atoms with van der Waals surface area (Å²) < 4.78 is 13.8. The minimum atomic E-state index is -0.574. The average molecular weight is 455 g/mol. The lowest BCUT2D eigenvalue weighted by Gasteiger charge is -2.14. The van der Waals surface area contributed by atoms with E-state index in [-0.39, 0.29) is 29.9 Å². The highest BCUT2D eigenvalue weighted by Gasteiger charge is 2.34. The largest absolute Gasteiger partial charge is 0.338 e. The first kappa shape index (κ1) is 19.3. The van der Waals surface area contributed by atoms with Crippen LogP contribution >= 0.6 is 27.5 Å². The zero-order valence-electron chi connectivity index (χ0n) is 13.9. The van der Waals surface area contributed by atoms with Gasteiger partial charge < -0.3 is 10.6 Å². The van der Waals surface area contributed by atoms with Gasteiger partial charge in [0.15, 0.2) is 0 Å². The van der Waals surface area contributed by atoms with Crippen LogP contribution in [0, 0.1) is 5.82 Å². The number of amides is 4. The van der Waals surface area contributed by atoms with E-state index in [0.717, 1.165) is 15.4 Å². The van der Waals surface area contributed by atoms with Crippen molar-refractivity contribution in [1.29, 1.82) is 0 Å². The van der Waals surface area contributed by atoms with Crippen molar-refractivity contribution in [2.45, 2.75) is 6.42 Å². The standard InChI is InChI=1S/C18H14BrClFN3O3/c19-10-2-4-12-13(8-10)17(26)24(16(12)25)7-1-6-22-18(27)23-11-3-5-15(21)14(20)9-11/h2-5,8-9H,1,6-7H2,(H2,22,23,27). The molecule has 0 saturated carbocycles. The van der Waals surface area contributed by atoms with Crippen LogP contribution in [0.15, 0.2) is 40.9 Å². The molecule has 0 aromatic heterocycles. The molecule has 2 aromatic rings. The first-order valence-corrected chi connectivity index (χ1v) is 9.19. The Balaban J connectivity index is 1.48. The van der Waals surface area contributed by atoms with Gasteiger partial charge in [0, 0.05) is 23.2 Å². The van der Waals surface area contributed by atoms with Crippen LogP contribution in [0.5, 0.6) is 0 Å². The fourth-order valence-corrected chi connectivity index (χ4v) is 3.20. The van der Waals surface area contributed by atoms with Gasteiger partial charge in [-0.2, -0.15) is 0 Å². The van der Waals surface area contributed by atoms with Gasteiger partial charge in [-0.05, 0) is 42.8 Å². The van der Waals surface area contributed by atoms with Gasteiger partial charge in [-0.1, -0.05) is 27.5 Å². The van der Waals surface area contributed by atoms with Gasteiger partial charge in [-0.3, -0.25) is 14.5 Å². The molecule has 2 N–H and O–H groups in total. The monoisotopic (exact) mass is 453 g/mol. The summed E-state index contributed by atoms with van der Waals surface area (Å²) in [6.45, 7) is 0.435.